The van der Waals surface area contributed by atoms with Crippen molar-refractivity contribution < 1.29 is 17.9 Å². The van der Waals surface area contributed by atoms with E-state index in [9.17, 15) is 13.2 Å². The second-order valence-corrected chi connectivity index (χ2v) is 4.76. The van der Waals surface area contributed by atoms with Gasteiger partial charge in [-0.25, -0.2) is 4.68 Å². The van der Waals surface area contributed by atoms with Crippen molar-refractivity contribution in [1.82, 2.24) is 9.78 Å². The lowest BCUT2D eigenvalue weighted by Gasteiger charge is -2.26. The summed E-state index contributed by atoms with van der Waals surface area (Å²) in [6.07, 6.45) is -4.49. The van der Waals surface area contributed by atoms with Crippen molar-refractivity contribution >= 4 is 0 Å². The predicted molar refractivity (Wildman–Crippen MR) is 66.8 cm³/mol. The number of halogens is 3. The molecule has 0 spiro atoms. The van der Waals surface area contributed by atoms with Crippen molar-refractivity contribution in [1.29, 1.82) is 5.26 Å². The third-order valence-corrected chi connectivity index (χ3v) is 3.32. The van der Waals surface area contributed by atoms with Crippen LogP contribution in [0.25, 0.3) is 5.69 Å². The number of hydrogen-bond donors (Lipinski definition) is 0. The average molecular weight is 293 g/mol. The van der Waals surface area contributed by atoms with E-state index in [-0.39, 0.29) is 5.92 Å². The van der Waals surface area contributed by atoms with Crippen LogP contribution in [0.5, 0.6) is 0 Å². The Balaban J connectivity index is 2.06. The second kappa shape index (κ2) is 4.90. The third-order valence-electron chi connectivity index (χ3n) is 3.32. The lowest BCUT2D eigenvalue weighted by atomic mass is 10.0. The van der Waals surface area contributed by atoms with Crippen molar-refractivity contribution in [3.05, 3.63) is 47.3 Å². The van der Waals surface area contributed by atoms with E-state index in [1.54, 1.807) is 24.3 Å². The van der Waals surface area contributed by atoms with E-state index in [4.69, 9.17) is 10.00 Å². The fourth-order valence-electron chi connectivity index (χ4n) is 2.12. The molecule has 1 aromatic heterocycles. The third kappa shape index (κ3) is 2.50. The predicted octanol–water partition coefficient (Wildman–Crippen LogP) is 2.88. The van der Waals surface area contributed by atoms with Crippen LogP contribution in [-0.4, -0.2) is 23.0 Å². The van der Waals surface area contributed by atoms with E-state index in [2.05, 4.69) is 5.10 Å². The molecule has 0 unspecified atom stereocenters. The van der Waals surface area contributed by atoms with Gasteiger partial charge in [-0.1, -0.05) is 0 Å². The largest absolute Gasteiger partial charge is 0.435 e. The summed E-state index contributed by atoms with van der Waals surface area (Å²) in [4.78, 5) is 0. The highest BCUT2D eigenvalue weighted by Gasteiger charge is 2.37. The Morgan fingerprint density at radius 3 is 2.38 bits per heavy atom. The summed E-state index contributed by atoms with van der Waals surface area (Å²) in [7, 11) is 0. The Morgan fingerprint density at radius 1 is 1.24 bits per heavy atom. The van der Waals surface area contributed by atoms with Gasteiger partial charge in [0, 0.05) is 5.92 Å². The molecule has 3 rings (SSSR count). The molecule has 0 saturated carbocycles. The zero-order valence-electron chi connectivity index (χ0n) is 10.8. The second-order valence-electron chi connectivity index (χ2n) is 4.76. The number of benzene rings is 1. The van der Waals surface area contributed by atoms with E-state index < -0.39 is 11.9 Å². The maximum absolute atomic E-state index is 12.9. The Hall–Kier alpha value is -2.33. The number of rotatable bonds is 2. The van der Waals surface area contributed by atoms with Crippen LogP contribution in [0.2, 0.25) is 0 Å². The van der Waals surface area contributed by atoms with Gasteiger partial charge >= 0.3 is 6.18 Å². The molecule has 4 nitrogen and oxygen atoms in total. The summed E-state index contributed by atoms with van der Waals surface area (Å²) in [6, 6.07) is 9.28. The Bertz CT molecular complexity index is 694. The summed E-state index contributed by atoms with van der Waals surface area (Å²) in [5.41, 5.74) is 0.480. The van der Waals surface area contributed by atoms with Gasteiger partial charge < -0.3 is 4.74 Å². The molecule has 0 bridgehead atoms. The van der Waals surface area contributed by atoms with Gasteiger partial charge in [0.1, 0.15) is 0 Å². The van der Waals surface area contributed by atoms with Gasteiger partial charge in [0.05, 0.1) is 36.2 Å². The summed E-state index contributed by atoms with van der Waals surface area (Å²) < 4.78 is 44.9. The van der Waals surface area contributed by atoms with Gasteiger partial charge in [-0.2, -0.15) is 23.5 Å². The first kappa shape index (κ1) is 13.6. The molecular weight excluding hydrogens is 283 g/mol. The normalized spacial score (nSPS) is 15.5. The van der Waals surface area contributed by atoms with Crippen LogP contribution < -0.4 is 0 Å². The maximum atomic E-state index is 12.9. The summed E-state index contributed by atoms with van der Waals surface area (Å²) >= 11 is 0. The minimum Gasteiger partial charge on any atom is -0.380 e. The first-order valence-electron chi connectivity index (χ1n) is 6.24. The summed E-state index contributed by atoms with van der Waals surface area (Å²) in [5, 5.41) is 12.4. The number of ether oxygens (including phenoxy) is 1. The molecule has 1 aliphatic heterocycles. The molecular formula is C14H10F3N3O. The van der Waals surface area contributed by atoms with Crippen LogP contribution >= 0.6 is 0 Å². The molecule has 1 aliphatic rings. The highest BCUT2D eigenvalue weighted by molar-refractivity contribution is 5.41. The fraction of sp³-hybridized carbons (Fsp3) is 0.286. The summed E-state index contributed by atoms with van der Waals surface area (Å²) in [5.74, 6) is -0.0933. The zero-order valence-corrected chi connectivity index (χ0v) is 10.8. The first-order chi connectivity index (χ1) is 9.99. The molecule has 0 amide bonds. The van der Waals surface area contributed by atoms with Crippen LogP contribution in [0.1, 0.15) is 22.9 Å². The van der Waals surface area contributed by atoms with Crippen molar-refractivity contribution in [2.75, 3.05) is 13.2 Å². The fourth-order valence-corrected chi connectivity index (χ4v) is 2.12. The van der Waals surface area contributed by atoms with Gasteiger partial charge in [-0.05, 0) is 30.3 Å². The van der Waals surface area contributed by atoms with Crippen molar-refractivity contribution in [3.8, 4) is 11.8 Å². The van der Waals surface area contributed by atoms with E-state index >= 15 is 0 Å². The molecule has 0 atom stereocenters. The van der Waals surface area contributed by atoms with Crippen molar-refractivity contribution in [2.45, 2.75) is 12.1 Å². The van der Waals surface area contributed by atoms with E-state index in [0.717, 1.165) is 6.07 Å². The highest BCUT2D eigenvalue weighted by Crippen LogP contribution is 2.33. The molecule has 2 aromatic rings. The molecule has 2 heterocycles. The number of aromatic nitrogens is 2. The molecule has 7 heteroatoms. The van der Waals surface area contributed by atoms with Gasteiger partial charge in [-0.15, -0.1) is 0 Å². The minimum absolute atomic E-state index is 0.0933. The molecule has 0 N–H and O–H groups in total. The Labute approximate surface area is 118 Å². The SMILES string of the molecule is N#Cc1ccc(-n2nc(C(F)(F)F)cc2C2COC2)cc1. The van der Waals surface area contributed by atoms with Crippen LogP contribution in [-0.2, 0) is 10.9 Å². The van der Waals surface area contributed by atoms with Crippen LogP contribution in [0.15, 0.2) is 30.3 Å². The van der Waals surface area contributed by atoms with E-state index in [1.165, 1.54) is 4.68 Å². The Kier molecular flexibility index (Phi) is 3.18. The molecule has 0 radical (unpaired) electrons. The molecule has 108 valence electrons. The minimum atomic E-state index is -4.49. The molecule has 1 fully saturated rings. The van der Waals surface area contributed by atoms with Crippen molar-refractivity contribution in [3.63, 3.8) is 0 Å². The van der Waals surface area contributed by atoms with Gasteiger partial charge in [-0.3, -0.25) is 0 Å². The standard InChI is InChI=1S/C14H10F3N3O/c15-14(16,17)13-5-12(10-7-21-8-10)20(19-13)11-3-1-9(6-18)2-4-11/h1-5,10H,7-8H2. The zero-order chi connectivity index (χ0) is 15.0. The average Bonchev–Trinajstić information content (AvgIpc) is 2.81. The molecule has 1 saturated heterocycles. The number of alkyl halides is 3. The smallest absolute Gasteiger partial charge is 0.380 e. The number of nitriles is 1. The number of nitrogens with zero attached hydrogens (tertiary/aromatic N) is 3. The maximum Gasteiger partial charge on any atom is 0.435 e. The van der Waals surface area contributed by atoms with Crippen LogP contribution in [0.3, 0.4) is 0 Å². The van der Waals surface area contributed by atoms with Gasteiger partial charge in [0.25, 0.3) is 0 Å². The highest BCUT2D eigenvalue weighted by atomic mass is 19.4. The first-order valence-corrected chi connectivity index (χ1v) is 6.24. The van der Waals surface area contributed by atoms with E-state index in [0.29, 0.717) is 30.2 Å². The van der Waals surface area contributed by atoms with Gasteiger partial charge in [0.15, 0.2) is 5.69 Å². The quantitative estimate of drug-likeness (QED) is 0.855. The Morgan fingerprint density at radius 2 is 1.90 bits per heavy atom. The van der Waals surface area contributed by atoms with Crippen LogP contribution in [0.4, 0.5) is 13.2 Å². The molecule has 1 aromatic carbocycles. The lowest BCUT2D eigenvalue weighted by Crippen LogP contribution is -2.27. The monoisotopic (exact) mass is 293 g/mol. The van der Waals surface area contributed by atoms with Crippen LogP contribution in [0, 0.1) is 11.3 Å². The topological polar surface area (TPSA) is 50.8 Å². The lowest BCUT2D eigenvalue weighted by molar-refractivity contribution is -0.141. The molecule has 0 aliphatic carbocycles. The summed E-state index contributed by atoms with van der Waals surface area (Å²) in [6.45, 7) is 0.776. The van der Waals surface area contributed by atoms with Crippen molar-refractivity contribution in [2.24, 2.45) is 0 Å². The van der Waals surface area contributed by atoms with E-state index in [1.807, 2.05) is 6.07 Å². The number of hydrogen-bond acceptors (Lipinski definition) is 3. The molecule has 21 heavy (non-hydrogen) atoms. The van der Waals surface area contributed by atoms with Gasteiger partial charge in [0.2, 0.25) is 0 Å².